The molecule has 1 amide bonds. The Morgan fingerprint density at radius 2 is 2.00 bits per heavy atom. The number of aryl methyl sites for hydroxylation is 1. The highest BCUT2D eigenvalue weighted by Crippen LogP contribution is 2.22. The Bertz CT molecular complexity index is 1170. The van der Waals surface area contributed by atoms with Gasteiger partial charge in [0.05, 0.1) is 11.4 Å². The molecular weight excluding hydrogens is 386 g/mol. The fourth-order valence-corrected chi connectivity index (χ4v) is 2.60. The summed E-state index contributed by atoms with van der Waals surface area (Å²) in [5, 5.41) is 2.49. The molecular formula is C20H16F2N2O5. The summed E-state index contributed by atoms with van der Waals surface area (Å²) in [7, 11) is 0. The topological polar surface area (TPSA) is 98.5 Å². The van der Waals surface area contributed by atoms with Crippen LogP contribution in [0.2, 0.25) is 0 Å². The van der Waals surface area contributed by atoms with Crippen LogP contribution in [0.3, 0.4) is 0 Å². The number of amides is 1. The second-order valence-electron chi connectivity index (χ2n) is 6.15. The maximum absolute atomic E-state index is 13.8. The van der Waals surface area contributed by atoms with Crippen molar-refractivity contribution in [3.05, 3.63) is 69.3 Å². The van der Waals surface area contributed by atoms with Gasteiger partial charge in [-0.1, -0.05) is 6.92 Å². The molecule has 0 radical (unpaired) electrons. The number of nitrogens with zero attached hydrogens (tertiary/aromatic N) is 1. The van der Waals surface area contributed by atoms with E-state index in [0.717, 1.165) is 18.2 Å². The van der Waals surface area contributed by atoms with Crippen molar-refractivity contribution in [2.24, 2.45) is 0 Å². The van der Waals surface area contributed by atoms with Crippen molar-refractivity contribution in [1.29, 1.82) is 0 Å². The molecule has 0 atom stereocenters. The van der Waals surface area contributed by atoms with Crippen LogP contribution >= 0.6 is 0 Å². The van der Waals surface area contributed by atoms with Crippen molar-refractivity contribution in [1.82, 2.24) is 4.98 Å². The number of rotatable bonds is 5. The summed E-state index contributed by atoms with van der Waals surface area (Å²) in [6.07, 6.45) is 1.62. The first kappa shape index (κ1) is 20.1. The highest BCUT2D eigenvalue weighted by molar-refractivity contribution is 6.05. The minimum atomic E-state index is -0.976. The molecule has 2 aromatic heterocycles. The molecule has 0 saturated heterocycles. The third-order valence-corrected chi connectivity index (χ3v) is 4.14. The number of esters is 1. The Labute approximate surface area is 163 Å². The second kappa shape index (κ2) is 8.17. The van der Waals surface area contributed by atoms with Gasteiger partial charge in [0.1, 0.15) is 23.8 Å². The van der Waals surface area contributed by atoms with Crippen molar-refractivity contribution in [3.8, 4) is 0 Å². The van der Waals surface area contributed by atoms with Crippen LogP contribution in [0.1, 0.15) is 35.0 Å². The Morgan fingerprint density at radius 1 is 1.24 bits per heavy atom. The number of hydrogen-bond acceptors (Lipinski definition) is 6. The Hall–Kier alpha value is -3.62. The smallest absolute Gasteiger partial charge is 0.349 e. The van der Waals surface area contributed by atoms with Crippen molar-refractivity contribution in [3.63, 3.8) is 0 Å². The van der Waals surface area contributed by atoms with E-state index in [1.54, 1.807) is 13.8 Å². The number of hydrogen-bond donors (Lipinski definition) is 1. The molecule has 0 spiro atoms. The van der Waals surface area contributed by atoms with E-state index in [1.807, 2.05) is 0 Å². The summed E-state index contributed by atoms with van der Waals surface area (Å²) in [6.45, 7) is 3.11. The summed E-state index contributed by atoms with van der Waals surface area (Å²) in [4.78, 5) is 40.3. The second-order valence-corrected chi connectivity index (χ2v) is 6.15. The summed E-state index contributed by atoms with van der Waals surface area (Å²) in [6, 6.07) is 3.79. The number of anilines is 1. The van der Waals surface area contributed by atoms with Crippen molar-refractivity contribution in [2.75, 3.05) is 5.32 Å². The van der Waals surface area contributed by atoms with Crippen LogP contribution in [0.25, 0.3) is 11.0 Å². The molecule has 0 aliphatic heterocycles. The molecule has 0 aliphatic rings. The normalized spacial score (nSPS) is 10.8. The van der Waals surface area contributed by atoms with Gasteiger partial charge in [0.15, 0.2) is 5.58 Å². The zero-order valence-corrected chi connectivity index (χ0v) is 15.5. The van der Waals surface area contributed by atoms with Crippen molar-refractivity contribution >= 4 is 28.5 Å². The molecule has 1 aromatic carbocycles. The Balaban J connectivity index is 2.02. The fourth-order valence-electron chi connectivity index (χ4n) is 2.60. The molecule has 7 nitrogen and oxygen atoms in total. The molecule has 150 valence electrons. The first-order valence-corrected chi connectivity index (χ1v) is 8.64. The number of aromatic nitrogens is 1. The lowest BCUT2D eigenvalue weighted by atomic mass is 10.1. The highest BCUT2D eigenvalue weighted by Gasteiger charge is 2.19. The van der Waals surface area contributed by atoms with E-state index in [1.165, 1.54) is 12.3 Å². The van der Waals surface area contributed by atoms with E-state index in [-0.39, 0.29) is 18.6 Å². The van der Waals surface area contributed by atoms with Crippen molar-refractivity contribution < 1.29 is 27.5 Å². The van der Waals surface area contributed by atoms with E-state index in [4.69, 9.17) is 9.15 Å². The van der Waals surface area contributed by atoms with Gasteiger partial charge in [-0.15, -0.1) is 0 Å². The molecule has 2 heterocycles. The number of ether oxygens (including phenoxy) is 1. The van der Waals surface area contributed by atoms with Crippen LogP contribution < -0.4 is 10.9 Å². The van der Waals surface area contributed by atoms with Crippen LogP contribution in [-0.2, 0) is 16.1 Å². The van der Waals surface area contributed by atoms with Gasteiger partial charge >= 0.3 is 11.6 Å². The highest BCUT2D eigenvalue weighted by atomic mass is 19.1. The number of benzene rings is 1. The number of halogens is 2. The van der Waals surface area contributed by atoms with Gasteiger partial charge < -0.3 is 14.5 Å². The molecule has 29 heavy (non-hydrogen) atoms. The minimum Gasteiger partial charge on any atom is -0.461 e. The van der Waals surface area contributed by atoms with Crippen molar-refractivity contribution in [2.45, 2.75) is 26.9 Å². The maximum Gasteiger partial charge on any atom is 0.349 e. The molecule has 0 bridgehead atoms. The molecule has 3 rings (SSSR count). The minimum absolute atomic E-state index is 0.133. The largest absolute Gasteiger partial charge is 0.461 e. The van der Waals surface area contributed by atoms with E-state index in [9.17, 15) is 23.2 Å². The average molecular weight is 402 g/mol. The van der Waals surface area contributed by atoms with Gasteiger partial charge in [0, 0.05) is 29.6 Å². The number of fused-ring (bicyclic) bond motifs is 1. The lowest BCUT2D eigenvalue weighted by molar-refractivity contribution is -0.144. The standard InChI is InChI=1S/C20H16F2N2O5/c1-3-17(25)28-9-11-8-23-10(2)18-13(11)7-14(20(27)29-18)19(26)24-16-6-12(21)4-5-15(16)22/h4-8H,3,9H2,1-2H3,(H,24,26). The van der Waals surface area contributed by atoms with Gasteiger partial charge in [0.25, 0.3) is 5.91 Å². The summed E-state index contributed by atoms with van der Waals surface area (Å²) < 4.78 is 37.4. The molecule has 0 unspecified atom stereocenters. The fraction of sp³-hybridized carbons (Fsp3) is 0.200. The van der Waals surface area contributed by atoms with E-state index in [0.29, 0.717) is 16.6 Å². The maximum atomic E-state index is 13.8. The van der Waals surface area contributed by atoms with Crippen LogP contribution in [0.15, 0.2) is 39.7 Å². The van der Waals surface area contributed by atoms with Gasteiger partial charge in [-0.2, -0.15) is 0 Å². The van der Waals surface area contributed by atoms with Gasteiger partial charge in [-0.25, -0.2) is 13.6 Å². The van der Waals surface area contributed by atoms with Crippen LogP contribution in [0.5, 0.6) is 0 Å². The third-order valence-electron chi connectivity index (χ3n) is 4.14. The third kappa shape index (κ3) is 4.29. The summed E-state index contributed by atoms with van der Waals surface area (Å²) in [5.74, 6) is -3.03. The average Bonchev–Trinajstić information content (AvgIpc) is 2.69. The first-order chi connectivity index (χ1) is 13.8. The van der Waals surface area contributed by atoms with Crippen LogP contribution in [0, 0.1) is 18.6 Å². The van der Waals surface area contributed by atoms with Gasteiger partial charge in [-0.05, 0) is 25.1 Å². The Kier molecular flexibility index (Phi) is 5.67. The predicted octanol–water partition coefficient (Wildman–Crippen LogP) is 3.48. The number of carbonyl (C=O) groups excluding carboxylic acids is 2. The SMILES string of the molecule is CCC(=O)OCc1cnc(C)c2oc(=O)c(C(=O)Nc3cc(F)ccc3F)cc12. The van der Waals surface area contributed by atoms with E-state index >= 15 is 0 Å². The Morgan fingerprint density at radius 3 is 2.72 bits per heavy atom. The zero-order valence-electron chi connectivity index (χ0n) is 15.5. The summed E-state index contributed by atoms with van der Waals surface area (Å²) in [5.41, 5.74) is -0.867. The zero-order chi connectivity index (χ0) is 21.1. The summed E-state index contributed by atoms with van der Waals surface area (Å²) >= 11 is 0. The predicted molar refractivity (Wildman–Crippen MR) is 99.4 cm³/mol. The van der Waals surface area contributed by atoms with Gasteiger partial charge in [0.2, 0.25) is 0 Å². The van der Waals surface area contributed by atoms with E-state index < -0.39 is 40.4 Å². The number of carbonyl (C=O) groups is 2. The lowest BCUT2D eigenvalue weighted by Gasteiger charge is -2.10. The molecule has 1 N–H and O–H groups in total. The monoisotopic (exact) mass is 402 g/mol. The van der Waals surface area contributed by atoms with Crippen LogP contribution in [0.4, 0.5) is 14.5 Å². The quantitative estimate of drug-likeness (QED) is 0.656. The molecule has 0 aliphatic carbocycles. The molecule has 3 aromatic rings. The lowest BCUT2D eigenvalue weighted by Crippen LogP contribution is -2.21. The first-order valence-electron chi connectivity index (χ1n) is 8.64. The molecule has 9 heteroatoms. The molecule has 0 fully saturated rings. The van der Waals surface area contributed by atoms with Gasteiger partial charge in [-0.3, -0.25) is 14.6 Å². The molecule has 0 saturated carbocycles. The number of pyridine rings is 1. The number of nitrogens with one attached hydrogen (secondary N) is 1. The van der Waals surface area contributed by atoms with E-state index in [2.05, 4.69) is 10.3 Å². The van der Waals surface area contributed by atoms with Crippen LogP contribution in [-0.4, -0.2) is 16.9 Å².